The van der Waals surface area contributed by atoms with E-state index in [-0.39, 0.29) is 0 Å². The van der Waals surface area contributed by atoms with Gasteiger partial charge in [0.15, 0.2) is 0 Å². The number of hydrogen-bond acceptors (Lipinski definition) is 5. The molecule has 5 nitrogen and oxygen atoms in total. The van der Waals surface area contributed by atoms with Gasteiger partial charge in [0, 0.05) is 23.4 Å². The summed E-state index contributed by atoms with van der Waals surface area (Å²) in [6, 6.07) is 8.58. The summed E-state index contributed by atoms with van der Waals surface area (Å²) in [6.07, 6.45) is 2.60. The predicted molar refractivity (Wildman–Crippen MR) is 79.9 cm³/mol. The average Bonchev–Trinajstić information content (AvgIpc) is 3.15. The van der Waals surface area contributed by atoms with E-state index in [1.165, 1.54) is 18.4 Å². The number of thioether (sulfide) groups is 1. The summed E-state index contributed by atoms with van der Waals surface area (Å²) in [5.74, 6) is 0.816. The first-order chi connectivity index (χ1) is 9.81. The van der Waals surface area contributed by atoms with Crippen molar-refractivity contribution in [1.29, 1.82) is 0 Å². The van der Waals surface area contributed by atoms with Gasteiger partial charge in [0.05, 0.1) is 6.54 Å². The first-order valence-electron chi connectivity index (χ1n) is 6.68. The van der Waals surface area contributed by atoms with Gasteiger partial charge in [-0.2, -0.15) is 0 Å². The van der Waals surface area contributed by atoms with E-state index < -0.39 is 0 Å². The highest BCUT2D eigenvalue weighted by molar-refractivity contribution is 7.98. The third-order valence-corrected chi connectivity index (χ3v) is 4.35. The van der Waals surface area contributed by atoms with Crippen LogP contribution in [0, 0.1) is 0 Å². The summed E-state index contributed by atoms with van der Waals surface area (Å²) in [6.45, 7) is 1.72. The lowest BCUT2D eigenvalue weighted by Crippen LogP contribution is -2.22. The fourth-order valence-electron chi connectivity index (χ4n) is 1.88. The minimum atomic E-state index is 0.717. The van der Waals surface area contributed by atoms with Crippen molar-refractivity contribution in [3.63, 3.8) is 0 Å². The van der Waals surface area contributed by atoms with Gasteiger partial charge < -0.3 is 5.32 Å². The summed E-state index contributed by atoms with van der Waals surface area (Å²) in [5, 5.41) is 16.9. The van der Waals surface area contributed by atoms with Crippen molar-refractivity contribution in [3.05, 3.63) is 34.9 Å². The molecule has 0 spiro atoms. The van der Waals surface area contributed by atoms with Crippen molar-refractivity contribution < 1.29 is 0 Å². The monoisotopic (exact) mass is 309 g/mol. The zero-order valence-corrected chi connectivity index (χ0v) is 12.6. The Morgan fingerprint density at radius 1 is 1.40 bits per heavy atom. The highest BCUT2D eigenvalue weighted by atomic mass is 35.5. The normalized spacial score (nSPS) is 14.7. The molecule has 1 aromatic carbocycles. The molecule has 1 aliphatic rings. The first kappa shape index (κ1) is 13.9. The summed E-state index contributed by atoms with van der Waals surface area (Å²) in [7, 11) is 0. The van der Waals surface area contributed by atoms with Crippen LogP contribution in [-0.2, 0) is 12.3 Å². The van der Waals surface area contributed by atoms with Gasteiger partial charge in [-0.25, -0.2) is 4.68 Å². The molecule has 0 bridgehead atoms. The Morgan fingerprint density at radius 2 is 2.30 bits per heavy atom. The van der Waals surface area contributed by atoms with Gasteiger partial charge in [-0.15, -0.1) is 5.10 Å². The fourth-order valence-corrected chi connectivity index (χ4v) is 2.94. The van der Waals surface area contributed by atoms with Crippen molar-refractivity contribution >= 4 is 23.4 Å². The van der Waals surface area contributed by atoms with E-state index >= 15 is 0 Å². The summed E-state index contributed by atoms with van der Waals surface area (Å²) in [4.78, 5) is 0. The van der Waals surface area contributed by atoms with Crippen molar-refractivity contribution in [2.75, 3.05) is 6.54 Å². The van der Waals surface area contributed by atoms with E-state index in [1.807, 2.05) is 22.9 Å². The van der Waals surface area contributed by atoms with Crippen LogP contribution in [0.15, 0.2) is 29.4 Å². The van der Waals surface area contributed by atoms with Gasteiger partial charge in [-0.05, 0) is 41.0 Å². The van der Waals surface area contributed by atoms with Crippen LogP contribution in [0.25, 0.3) is 0 Å². The molecule has 7 heteroatoms. The van der Waals surface area contributed by atoms with E-state index in [0.29, 0.717) is 6.04 Å². The molecule has 0 atom stereocenters. The maximum atomic E-state index is 5.98. The van der Waals surface area contributed by atoms with E-state index in [9.17, 15) is 0 Å². The second-order valence-electron chi connectivity index (χ2n) is 4.83. The molecule has 1 saturated carbocycles. The molecule has 3 rings (SSSR count). The lowest BCUT2D eigenvalue weighted by atomic mass is 10.2. The molecule has 1 aromatic heterocycles. The van der Waals surface area contributed by atoms with Gasteiger partial charge in [0.1, 0.15) is 0 Å². The number of nitrogens with one attached hydrogen (secondary N) is 1. The maximum absolute atomic E-state index is 5.98. The first-order valence-corrected chi connectivity index (χ1v) is 8.04. The Labute approximate surface area is 127 Å². The van der Waals surface area contributed by atoms with Gasteiger partial charge in [-0.3, -0.25) is 0 Å². The zero-order valence-electron chi connectivity index (χ0n) is 11.0. The molecule has 1 N–H and O–H groups in total. The average molecular weight is 310 g/mol. The minimum absolute atomic E-state index is 0.717. The number of rotatable bonds is 7. The molecule has 0 unspecified atom stereocenters. The summed E-state index contributed by atoms with van der Waals surface area (Å²) < 4.78 is 1.85. The topological polar surface area (TPSA) is 55.6 Å². The van der Waals surface area contributed by atoms with Crippen LogP contribution < -0.4 is 5.32 Å². The van der Waals surface area contributed by atoms with E-state index in [0.717, 1.165) is 29.0 Å². The largest absolute Gasteiger partial charge is 0.312 e. The van der Waals surface area contributed by atoms with Crippen molar-refractivity contribution in [3.8, 4) is 0 Å². The molecule has 2 aromatic rings. The molecule has 0 aliphatic heterocycles. The lowest BCUT2D eigenvalue weighted by Gasteiger charge is -2.05. The highest BCUT2D eigenvalue weighted by Gasteiger charge is 2.20. The lowest BCUT2D eigenvalue weighted by molar-refractivity contribution is 0.509. The predicted octanol–water partition coefficient (Wildman–Crippen LogP) is 2.37. The van der Waals surface area contributed by atoms with Gasteiger partial charge in [0.2, 0.25) is 5.16 Å². The van der Waals surface area contributed by atoms with Crippen LogP contribution in [0.1, 0.15) is 18.4 Å². The van der Waals surface area contributed by atoms with E-state index in [4.69, 9.17) is 11.6 Å². The Hall–Kier alpha value is -1.11. The van der Waals surface area contributed by atoms with Crippen LogP contribution in [0.2, 0.25) is 5.02 Å². The number of tetrazole rings is 1. The molecule has 1 fully saturated rings. The second-order valence-corrected chi connectivity index (χ2v) is 6.21. The fraction of sp³-hybridized carbons (Fsp3) is 0.462. The number of hydrogen-bond donors (Lipinski definition) is 1. The number of nitrogens with zero attached hydrogens (tertiary/aromatic N) is 4. The SMILES string of the molecule is Clc1cccc(CSc2nnnn2CCNC2CC2)c1. The van der Waals surface area contributed by atoms with Crippen LogP contribution in [0.3, 0.4) is 0 Å². The maximum Gasteiger partial charge on any atom is 0.209 e. The molecular formula is C13H16ClN5S. The van der Waals surface area contributed by atoms with Crippen molar-refractivity contribution in [1.82, 2.24) is 25.5 Å². The molecular weight excluding hydrogens is 294 g/mol. The van der Waals surface area contributed by atoms with Crippen LogP contribution >= 0.6 is 23.4 Å². The molecule has 106 valence electrons. The standard InChI is InChI=1S/C13H16ClN5S/c14-11-3-1-2-10(8-11)9-20-13-16-17-18-19(13)7-6-15-12-4-5-12/h1-3,8,12,15H,4-7,9H2. The number of aromatic nitrogens is 4. The molecule has 1 aliphatic carbocycles. The van der Waals surface area contributed by atoms with Crippen LogP contribution in [0.5, 0.6) is 0 Å². The Bertz CT molecular complexity index is 569. The molecule has 0 amide bonds. The van der Waals surface area contributed by atoms with Crippen LogP contribution in [0.4, 0.5) is 0 Å². The zero-order chi connectivity index (χ0) is 13.8. The molecule has 0 radical (unpaired) electrons. The number of benzene rings is 1. The highest BCUT2D eigenvalue weighted by Crippen LogP contribution is 2.22. The minimum Gasteiger partial charge on any atom is -0.312 e. The molecule has 20 heavy (non-hydrogen) atoms. The van der Waals surface area contributed by atoms with E-state index in [1.54, 1.807) is 11.8 Å². The quantitative estimate of drug-likeness (QED) is 0.796. The summed E-state index contributed by atoms with van der Waals surface area (Å²) >= 11 is 7.61. The van der Waals surface area contributed by atoms with Gasteiger partial charge in [-0.1, -0.05) is 35.5 Å². The Morgan fingerprint density at radius 3 is 3.10 bits per heavy atom. The molecule has 0 saturated heterocycles. The van der Waals surface area contributed by atoms with Crippen LogP contribution in [-0.4, -0.2) is 32.8 Å². The van der Waals surface area contributed by atoms with E-state index in [2.05, 4.69) is 26.9 Å². The third kappa shape index (κ3) is 3.94. The smallest absolute Gasteiger partial charge is 0.209 e. The van der Waals surface area contributed by atoms with Gasteiger partial charge in [0.25, 0.3) is 0 Å². The Kier molecular flexibility index (Phi) is 4.54. The molecule has 1 heterocycles. The van der Waals surface area contributed by atoms with Crippen molar-refractivity contribution in [2.45, 2.75) is 36.3 Å². The Balaban J connectivity index is 1.52. The summed E-state index contributed by atoms with van der Waals surface area (Å²) in [5.41, 5.74) is 1.17. The second kappa shape index (κ2) is 6.56. The van der Waals surface area contributed by atoms with Gasteiger partial charge >= 0.3 is 0 Å². The third-order valence-electron chi connectivity index (χ3n) is 3.09. The van der Waals surface area contributed by atoms with Crippen molar-refractivity contribution in [2.24, 2.45) is 0 Å². The number of halogens is 1.